The van der Waals surface area contributed by atoms with Crippen molar-refractivity contribution in [1.29, 1.82) is 0 Å². The largest absolute Gasteiger partial charge is 0.494 e. The number of likely N-dealkylation sites (tertiary alicyclic amines) is 1. The lowest BCUT2D eigenvalue weighted by atomic mass is 10.1. The summed E-state index contributed by atoms with van der Waals surface area (Å²) in [5.74, 6) is 1.92. The van der Waals surface area contributed by atoms with Gasteiger partial charge in [-0.2, -0.15) is 0 Å². The zero-order valence-electron chi connectivity index (χ0n) is 10.8. The van der Waals surface area contributed by atoms with Crippen molar-refractivity contribution in [2.75, 3.05) is 26.2 Å². The Bertz CT molecular complexity index is 312. The summed E-state index contributed by atoms with van der Waals surface area (Å²) < 4.78 is 5.69. The normalized spacial score (nSPS) is 20.6. The van der Waals surface area contributed by atoms with Crippen LogP contribution < -0.4 is 4.74 Å². The van der Waals surface area contributed by atoms with Crippen LogP contribution in [0.25, 0.3) is 0 Å². The lowest BCUT2D eigenvalue weighted by Gasteiger charge is -2.15. The molecule has 94 valence electrons. The Kier molecular flexibility index (Phi) is 4.87. The lowest BCUT2D eigenvalue weighted by Crippen LogP contribution is -2.23. The van der Waals surface area contributed by atoms with E-state index in [-0.39, 0.29) is 0 Å². The van der Waals surface area contributed by atoms with Gasteiger partial charge in [0.2, 0.25) is 0 Å². The fourth-order valence-electron chi connectivity index (χ4n) is 2.44. The summed E-state index contributed by atoms with van der Waals surface area (Å²) in [4.78, 5) is 2.57. The van der Waals surface area contributed by atoms with Crippen LogP contribution in [0, 0.1) is 5.92 Å². The van der Waals surface area contributed by atoms with Crippen molar-refractivity contribution in [2.24, 2.45) is 5.92 Å². The van der Waals surface area contributed by atoms with E-state index in [9.17, 15) is 0 Å². The highest BCUT2D eigenvalue weighted by atomic mass is 16.5. The molecule has 1 heterocycles. The minimum absolute atomic E-state index is 0.831. The third kappa shape index (κ3) is 4.04. The van der Waals surface area contributed by atoms with Crippen LogP contribution in [-0.4, -0.2) is 31.1 Å². The minimum Gasteiger partial charge on any atom is -0.494 e. The zero-order chi connectivity index (χ0) is 11.9. The maximum atomic E-state index is 5.69. The quantitative estimate of drug-likeness (QED) is 0.700. The maximum Gasteiger partial charge on any atom is 0.119 e. The summed E-state index contributed by atoms with van der Waals surface area (Å²) >= 11 is 0. The highest BCUT2D eigenvalue weighted by Crippen LogP contribution is 2.18. The van der Waals surface area contributed by atoms with Crippen molar-refractivity contribution in [2.45, 2.75) is 26.2 Å². The number of ether oxygens (including phenoxy) is 1. The summed E-state index contributed by atoms with van der Waals surface area (Å²) in [6.07, 6.45) is 3.85. The Balaban J connectivity index is 1.58. The smallest absolute Gasteiger partial charge is 0.119 e. The van der Waals surface area contributed by atoms with Crippen LogP contribution >= 0.6 is 0 Å². The van der Waals surface area contributed by atoms with Crippen LogP contribution in [0.1, 0.15) is 26.2 Å². The van der Waals surface area contributed by atoms with Crippen LogP contribution in [0.3, 0.4) is 0 Å². The van der Waals surface area contributed by atoms with Gasteiger partial charge in [-0.25, -0.2) is 0 Å². The van der Waals surface area contributed by atoms with Crippen molar-refractivity contribution in [3.8, 4) is 5.75 Å². The second kappa shape index (κ2) is 6.65. The number of benzene rings is 1. The molecule has 2 heteroatoms. The van der Waals surface area contributed by atoms with E-state index in [0.29, 0.717) is 0 Å². The number of para-hydroxylation sites is 1. The van der Waals surface area contributed by atoms with E-state index in [0.717, 1.165) is 24.7 Å². The molecule has 0 bridgehead atoms. The second-order valence-corrected chi connectivity index (χ2v) is 4.88. The molecule has 0 saturated carbocycles. The van der Waals surface area contributed by atoms with Crippen molar-refractivity contribution < 1.29 is 4.74 Å². The first-order valence-electron chi connectivity index (χ1n) is 6.78. The van der Waals surface area contributed by atoms with Gasteiger partial charge in [0.25, 0.3) is 0 Å². The fraction of sp³-hybridized carbons (Fsp3) is 0.600. The van der Waals surface area contributed by atoms with E-state index in [2.05, 4.69) is 11.8 Å². The Labute approximate surface area is 105 Å². The predicted octanol–water partition coefficient (Wildman–Crippen LogP) is 3.19. The molecule has 17 heavy (non-hydrogen) atoms. The third-order valence-electron chi connectivity index (χ3n) is 3.58. The van der Waals surface area contributed by atoms with Gasteiger partial charge in [-0.05, 0) is 37.4 Å². The third-order valence-corrected chi connectivity index (χ3v) is 3.58. The van der Waals surface area contributed by atoms with Gasteiger partial charge in [-0.1, -0.05) is 31.5 Å². The molecule has 0 spiro atoms. The van der Waals surface area contributed by atoms with Crippen LogP contribution in [0.2, 0.25) is 0 Å². The Hall–Kier alpha value is -1.02. The average Bonchev–Trinajstić information content (AvgIpc) is 2.84. The molecule has 1 aliphatic rings. The second-order valence-electron chi connectivity index (χ2n) is 4.88. The molecule has 1 aromatic rings. The summed E-state index contributed by atoms with van der Waals surface area (Å²) in [6.45, 7) is 6.89. The molecule has 1 aliphatic heterocycles. The Morgan fingerprint density at radius 2 is 2.12 bits per heavy atom. The first kappa shape index (κ1) is 12.4. The van der Waals surface area contributed by atoms with Crippen molar-refractivity contribution in [3.63, 3.8) is 0 Å². The van der Waals surface area contributed by atoms with Crippen LogP contribution in [0.15, 0.2) is 30.3 Å². The number of hydrogen-bond acceptors (Lipinski definition) is 2. The van der Waals surface area contributed by atoms with Crippen LogP contribution in [0.5, 0.6) is 5.75 Å². The van der Waals surface area contributed by atoms with E-state index in [4.69, 9.17) is 4.74 Å². The van der Waals surface area contributed by atoms with Crippen molar-refractivity contribution >= 4 is 0 Å². The molecule has 1 unspecified atom stereocenters. The van der Waals surface area contributed by atoms with Crippen molar-refractivity contribution in [3.05, 3.63) is 30.3 Å². The molecule has 0 radical (unpaired) electrons. The van der Waals surface area contributed by atoms with Gasteiger partial charge in [0.1, 0.15) is 5.75 Å². The van der Waals surface area contributed by atoms with Gasteiger partial charge in [0.05, 0.1) is 6.61 Å². The molecule has 1 saturated heterocycles. The first-order valence-corrected chi connectivity index (χ1v) is 6.78. The standard InChI is InChI=1S/C15H23NO/c1-2-14-9-11-16(13-14)10-6-12-17-15-7-4-3-5-8-15/h3-5,7-8,14H,2,6,9-13H2,1H3. The van der Waals surface area contributed by atoms with Crippen molar-refractivity contribution in [1.82, 2.24) is 4.90 Å². The van der Waals surface area contributed by atoms with E-state index in [1.807, 2.05) is 30.3 Å². The Morgan fingerprint density at radius 3 is 2.82 bits per heavy atom. The topological polar surface area (TPSA) is 12.5 Å². The van der Waals surface area contributed by atoms with Gasteiger partial charge >= 0.3 is 0 Å². The molecule has 0 aliphatic carbocycles. The number of rotatable bonds is 6. The maximum absolute atomic E-state index is 5.69. The number of nitrogens with zero attached hydrogens (tertiary/aromatic N) is 1. The highest BCUT2D eigenvalue weighted by molar-refractivity contribution is 5.20. The molecule has 1 fully saturated rings. The highest BCUT2D eigenvalue weighted by Gasteiger charge is 2.19. The molecular formula is C15H23NO. The van der Waals surface area contributed by atoms with Gasteiger partial charge in [-0.3, -0.25) is 0 Å². The summed E-state index contributed by atoms with van der Waals surface area (Å²) in [7, 11) is 0. The average molecular weight is 233 g/mol. The molecule has 0 amide bonds. The van der Waals surface area contributed by atoms with E-state index >= 15 is 0 Å². The first-order chi connectivity index (χ1) is 8.38. The summed E-state index contributed by atoms with van der Waals surface area (Å²) in [5, 5.41) is 0. The molecule has 2 nitrogen and oxygen atoms in total. The molecule has 0 aromatic heterocycles. The molecule has 2 rings (SSSR count). The SMILES string of the molecule is CCC1CCN(CCCOc2ccccc2)C1. The molecular weight excluding hydrogens is 210 g/mol. The monoisotopic (exact) mass is 233 g/mol. The van der Waals surface area contributed by atoms with Gasteiger partial charge < -0.3 is 9.64 Å². The number of hydrogen-bond donors (Lipinski definition) is 0. The van der Waals surface area contributed by atoms with E-state index in [1.165, 1.54) is 32.5 Å². The summed E-state index contributed by atoms with van der Waals surface area (Å²) in [6, 6.07) is 10.1. The minimum atomic E-state index is 0.831. The van der Waals surface area contributed by atoms with Crippen LogP contribution in [0.4, 0.5) is 0 Å². The predicted molar refractivity (Wildman–Crippen MR) is 71.4 cm³/mol. The summed E-state index contributed by atoms with van der Waals surface area (Å²) in [5.41, 5.74) is 0. The lowest BCUT2D eigenvalue weighted by molar-refractivity contribution is 0.258. The van der Waals surface area contributed by atoms with Crippen LogP contribution in [-0.2, 0) is 0 Å². The van der Waals surface area contributed by atoms with Gasteiger partial charge in [0, 0.05) is 13.1 Å². The van der Waals surface area contributed by atoms with E-state index in [1.54, 1.807) is 0 Å². The molecule has 0 N–H and O–H groups in total. The van der Waals surface area contributed by atoms with E-state index < -0.39 is 0 Å². The fourth-order valence-corrected chi connectivity index (χ4v) is 2.44. The zero-order valence-corrected chi connectivity index (χ0v) is 10.8. The van der Waals surface area contributed by atoms with Gasteiger partial charge in [0.15, 0.2) is 0 Å². The van der Waals surface area contributed by atoms with Gasteiger partial charge in [-0.15, -0.1) is 0 Å². The molecule has 1 aromatic carbocycles. The molecule has 1 atom stereocenters. The Morgan fingerprint density at radius 1 is 1.29 bits per heavy atom.